The Bertz CT molecular complexity index is 726. The van der Waals surface area contributed by atoms with Gasteiger partial charge in [0.1, 0.15) is 11.6 Å². The van der Waals surface area contributed by atoms with Crippen LogP contribution in [0, 0.1) is 5.92 Å². The maximum absolute atomic E-state index is 13.5. The van der Waals surface area contributed by atoms with E-state index in [1.807, 2.05) is 44.2 Å². The van der Waals surface area contributed by atoms with Crippen LogP contribution in [-0.2, 0) is 25.6 Å². The SMILES string of the molecule is COC(=O)[C@@](C)(N)N(Cc1ccccc1)C(=O)[C@H](CC(C)C)NC(=O)OC(C)(C)C. The molecule has 3 N–H and O–H groups in total. The number of rotatable bonds is 8. The van der Waals surface area contributed by atoms with Crippen molar-refractivity contribution < 1.29 is 23.9 Å². The third-order valence-electron chi connectivity index (χ3n) is 4.31. The quantitative estimate of drug-likeness (QED) is 0.493. The number of carbonyl (C=O) groups is 3. The first-order valence-electron chi connectivity index (χ1n) is 10.00. The van der Waals surface area contributed by atoms with Crippen molar-refractivity contribution in [2.45, 2.75) is 71.8 Å². The van der Waals surface area contributed by atoms with Gasteiger partial charge in [-0.1, -0.05) is 44.2 Å². The minimum atomic E-state index is -1.73. The zero-order valence-electron chi connectivity index (χ0n) is 19.0. The van der Waals surface area contributed by atoms with E-state index >= 15 is 0 Å². The van der Waals surface area contributed by atoms with Gasteiger partial charge in [0, 0.05) is 6.54 Å². The largest absolute Gasteiger partial charge is 0.466 e. The van der Waals surface area contributed by atoms with Crippen LogP contribution in [0.5, 0.6) is 0 Å². The van der Waals surface area contributed by atoms with Crippen LogP contribution >= 0.6 is 0 Å². The van der Waals surface area contributed by atoms with Crippen LogP contribution in [0.1, 0.15) is 53.5 Å². The van der Waals surface area contributed by atoms with Gasteiger partial charge in [0.15, 0.2) is 5.66 Å². The second kappa shape index (κ2) is 10.4. The zero-order valence-corrected chi connectivity index (χ0v) is 19.0. The molecule has 1 aromatic carbocycles. The van der Waals surface area contributed by atoms with Gasteiger partial charge < -0.3 is 19.7 Å². The molecule has 0 spiro atoms. The molecule has 0 saturated heterocycles. The Hall–Kier alpha value is -2.61. The predicted octanol–water partition coefficient (Wildman–Crippen LogP) is 2.80. The van der Waals surface area contributed by atoms with Crippen molar-refractivity contribution in [3.8, 4) is 0 Å². The smallest absolute Gasteiger partial charge is 0.408 e. The van der Waals surface area contributed by atoms with Crippen molar-refractivity contribution in [3.05, 3.63) is 35.9 Å². The highest BCUT2D eigenvalue weighted by molar-refractivity contribution is 5.91. The Balaban J connectivity index is 3.25. The molecule has 0 radical (unpaired) electrons. The standard InChI is InChI=1S/C22H35N3O5/c1-15(2)13-17(24-20(28)30-21(3,4)5)18(26)25(22(6,23)19(27)29-7)14-16-11-9-8-10-12-16/h8-12,15,17H,13-14,23H2,1-7H3,(H,24,28)/t17-,22-/m0/s1. The van der Waals surface area contributed by atoms with Crippen molar-refractivity contribution in [3.63, 3.8) is 0 Å². The summed E-state index contributed by atoms with van der Waals surface area (Å²) in [5, 5.41) is 2.64. The van der Waals surface area contributed by atoms with Gasteiger partial charge >= 0.3 is 12.1 Å². The van der Waals surface area contributed by atoms with Crippen molar-refractivity contribution in [2.24, 2.45) is 11.7 Å². The van der Waals surface area contributed by atoms with E-state index in [9.17, 15) is 14.4 Å². The summed E-state index contributed by atoms with van der Waals surface area (Å²) in [4.78, 5) is 39.5. The Kier molecular flexibility index (Phi) is 8.84. The molecular weight excluding hydrogens is 386 g/mol. The van der Waals surface area contributed by atoms with Crippen molar-refractivity contribution >= 4 is 18.0 Å². The van der Waals surface area contributed by atoms with Gasteiger partial charge in [0.2, 0.25) is 5.91 Å². The summed E-state index contributed by atoms with van der Waals surface area (Å²) in [6, 6.07) is 8.24. The number of nitrogens with two attached hydrogens (primary N) is 1. The maximum Gasteiger partial charge on any atom is 0.408 e. The number of hydrogen-bond donors (Lipinski definition) is 2. The Morgan fingerprint density at radius 3 is 2.13 bits per heavy atom. The molecule has 0 bridgehead atoms. The first kappa shape index (κ1) is 25.4. The molecule has 0 aliphatic carbocycles. The number of nitrogens with one attached hydrogen (secondary N) is 1. The van der Waals surface area contributed by atoms with E-state index in [1.165, 1.54) is 18.9 Å². The molecule has 8 heteroatoms. The van der Waals surface area contributed by atoms with Crippen LogP contribution in [-0.4, -0.2) is 47.3 Å². The second-order valence-electron chi connectivity index (χ2n) is 8.88. The summed E-state index contributed by atoms with van der Waals surface area (Å²) in [5.74, 6) is -1.16. The fraction of sp³-hybridized carbons (Fsp3) is 0.591. The third kappa shape index (κ3) is 7.67. The number of amides is 2. The molecule has 1 rings (SSSR count). The Labute approximate surface area is 179 Å². The molecule has 8 nitrogen and oxygen atoms in total. The highest BCUT2D eigenvalue weighted by Crippen LogP contribution is 2.20. The van der Waals surface area contributed by atoms with E-state index < -0.39 is 35.3 Å². The first-order valence-corrected chi connectivity index (χ1v) is 10.00. The molecule has 0 heterocycles. The van der Waals surface area contributed by atoms with E-state index in [4.69, 9.17) is 15.2 Å². The topological polar surface area (TPSA) is 111 Å². The normalized spacial score (nSPS) is 14.4. The van der Waals surface area contributed by atoms with Crippen LogP contribution in [0.4, 0.5) is 4.79 Å². The number of alkyl carbamates (subject to hydrolysis) is 1. The average Bonchev–Trinajstić information content (AvgIpc) is 2.63. The molecule has 0 aliphatic heterocycles. The van der Waals surface area contributed by atoms with E-state index in [0.29, 0.717) is 6.42 Å². The van der Waals surface area contributed by atoms with Gasteiger partial charge in [-0.2, -0.15) is 0 Å². The minimum absolute atomic E-state index is 0.0758. The first-order chi connectivity index (χ1) is 13.8. The van der Waals surface area contributed by atoms with Crippen LogP contribution in [0.15, 0.2) is 30.3 Å². The van der Waals surface area contributed by atoms with Gasteiger partial charge in [-0.3, -0.25) is 10.5 Å². The van der Waals surface area contributed by atoms with Gasteiger partial charge in [-0.05, 0) is 45.6 Å². The number of hydrogen-bond acceptors (Lipinski definition) is 6. The molecule has 30 heavy (non-hydrogen) atoms. The fourth-order valence-electron chi connectivity index (χ4n) is 2.88. The predicted molar refractivity (Wildman–Crippen MR) is 114 cm³/mol. The van der Waals surface area contributed by atoms with Gasteiger partial charge in [0.05, 0.1) is 7.11 Å². The van der Waals surface area contributed by atoms with Gasteiger partial charge in [-0.15, -0.1) is 0 Å². The molecule has 0 aromatic heterocycles. The molecule has 0 fully saturated rings. The molecule has 2 amide bonds. The zero-order chi connectivity index (χ0) is 23.1. The molecule has 0 aliphatic rings. The van der Waals surface area contributed by atoms with Crippen molar-refractivity contribution in [1.29, 1.82) is 0 Å². The van der Waals surface area contributed by atoms with Crippen LogP contribution in [0.3, 0.4) is 0 Å². The lowest BCUT2D eigenvalue weighted by atomic mass is 10.00. The molecule has 1 aromatic rings. The van der Waals surface area contributed by atoms with Gasteiger partial charge in [-0.25, -0.2) is 9.59 Å². The summed E-state index contributed by atoms with van der Waals surface area (Å²) in [5.41, 5.74) is 4.59. The number of nitrogens with zero attached hydrogens (tertiary/aromatic N) is 1. The lowest BCUT2D eigenvalue weighted by Gasteiger charge is -2.38. The second-order valence-corrected chi connectivity index (χ2v) is 8.88. The molecule has 168 valence electrons. The molecule has 0 unspecified atom stereocenters. The average molecular weight is 422 g/mol. The highest BCUT2D eigenvalue weighted by atomic mass is 16.6. The number of esters is 1. The van der Waals surface area contributed by atoms with Crippen molar-refractivity contribution in [2.75, 3.05) is 7.11 Å². The maximum atomic E-state index is 13.5. The Morgan fingerprint density at radius 1 is 1.10 bits per heavy atom. The molecular formula is C22H35N3O5. The van der Waals surface area contributed by atoms with Crippen LogP contribution in [0.2, 0.25) is 0 Å². The monoisotopic (exact) mass is 421 g/mol. The fourth-order valence-corrected chi connectivity index (χ4v) is 2.88. The number of ether oxygens (including phenoxy) is 2. The van der Waals surface area contributed by atoms with E-state index in [-0.39, 0.29) is 12.5 Å². The summed E-state index contributed by atoms with van der Waals surface area (Å²) >= 11 is 0. The molecule has 0 saturated carbocycles. The number of methoxy groups -OCH3 is 1. The minimum Gasteiger partial charge on any atom is -0.466 e. The third-order valence-corrected chi connectivity index (χ3v) is 4.31. The van der Waals surface area contributed by atoms with E-state index in [0.717, 1.165) is 5.56 Å². The number of benzene rings is 1. The van der Waals surface area contributed by atoms with E-state index in [2.05, 4.69) is 5.32 Å². The highest BCUT2D eigenvalue weighted by Gasteiger charge is 2.42. The van der Waals surface area contributed by atoms with Crippen LogP contribution < -0.4 is 11.1 Å². The molecule has 2 atom stereocenters. The summed E-state index contributed by atoms with van der Waals surface area (Å²) in [6.07, 6.45) is -0.362. The lowest BCUT2D eigenvalue weighted by molar-refractivity contribution is -0.162. The lowest BCUT2D eigenvalue weighted by Crippen LogP contribution is -2.65. The number of carbonyl (C=O) groups excluding carboxylic acids is 3. The van der Waals surface area contributed by atoms with Crippen LogP contribution in [0.25, 0.3) is 0 Å². The van der Waals surface area contributed by atoms with Crippen molar-refractivity contribution in [1.82, 2.24) is 10.2 Å². The Morgan fingerprint density at radius 2 is 1.67 bits per heavy atom. The summed E-state index contributed by atoms with van der Waals surface area (Å²) < 4.78 is 10.1. The van der Waals surface area contributed by atoms with Gasteiger partial charge in [0.25, 0.3) is 0 Å². The summed E-state index contributed by atoms with van der Waals surface area (Å²) in [7, 11) is 1.21. The summed E-state index contributed by atoms with van der Waals surface area (Å²) in [6.45, 7) is 10.6. The van der Waals surface area contributed by atoms with E-state index in [1.54, 1.807) is 20.8 Å².